The van der Waals surface area contributed by atoms with Crippen molar-refractivity contribution in [2.24, 2.45) is 0 Å². The van der Waals surface area contributed by atoms with Gasteiger partial charge in [-0.25, -0.2) is 0 Å². The Morgan fingerprint density at radius 3 is 2.13 bits per heavy atom. The van der Waals surface area contributed by atoms with E-state index in [1.165, 1.54) is 0 Å². The molecular formula is C13H16OSi. The smallest absolute Gasteiger partial charge is 0.235 e. The zero-order valence-corrected chi connectivity index (χ0v) is 10.7. The zero-order chi connectivity index (χ0) is 11.5. The molecule has 78 valence electrons. The van der Waals surface area contributed by atoms with E-state index in [4.69, 9.17) is 0 Å². The number of carbonyl (C=O) groups excluding carboxylic acids is 1. The third kappa shape index (κ3) is 4.14. The monoisotopic (exact) mass is 216 g/mol. The fraction of sp³-hybridized carbons (Fsp3) is 0.308. The van der Waals surface area contributed by atoms with E-state index in [1.54, 1.807) is 0 Å². The number of ketones is 1. The second kappa shape index (κ2) is 4.46. The first-order valence-corrected chi connectivity index (χ1v) is 8.53. The van der Waals surface area contributed by atoms with E-state index >= 15 is 0 Å². The molecule has 0 saturated carbocycles. The predicted octanol–water partition coefficient (Wildman–Crippen LogP) is 3.06. The summed E-state index contributed by atoms with van der Waals surface area (Å²) in [6.45, 7) is 8.38. The van der Waals surface area contributed by atoms with Crippen molar-refractivity contribution in [3.8, 4) is 11.5 Å². The van der Waals surface area contributed by atoms with Crippen LogP contribution >= 0.6 is 0 Å². The third-order valence-corrected chi connectivity index (χ3v) is 2.74. The molecule has 1 rings (SSSR count). The Kier molecular flexibility index (Phi) is 3.49. The molecule has 0 amide bonds. The van der Waals surface area contributed by atoms with Gasteiger partial charge in [0.25, 0.3) is 0 Å². The zero-order valence-electron chi connectivity index (χ0n) is 9.72. The predicted molar refractivity (Wildman–Crippen MR) is 66.6 cm³/mol. The summed E-state index contributed by atoms with van der Waals surface area (Å²) in [6, 6.07) is 7.53. The highest BCUT2D eigenvalue weighted by Crippen LogP contribution is 2.04. The van der Waals surface area contributed by atoms with E-state index in [0.29, 0.717) is 5.56 Å². The minimum absolute atomic E-state index is 0.0718. The second-order valence-electron chi connectivity index (χ2n) is 4.70. The molecule has 0 unspecified atom stereocenters. The highest BCUT2D eigenvalue weighted by atomic mass is 28.3. The van der Waals surface area contributed by atoms with Gasteiger partial charge in [-0.15, -0.1) is 5.54 Å². The number of benzene rings is 1. The van der Waals surface area contributed by atoms with Crippen molar-refractivity contribution in [2.45, 2.75) is 26.6 Å². The molecule has 0 spiro atoms. The Morgan fingerprint density at radius 2 is 1.67 bits per heavy atom. The molecule has 0 fully saturated rings. The molecule has 0 saturated heterocycles. The van der Waals surface area contributed by atoms with Crippen molar-refractivity contribution in [3.05, 3.63) is 35.4 Å². The average Bonchev–Trinajstić information content (AvgIpc) is 2.14. The first-order chi connectivity index (χ1) is 6.88. The molecule has 1 nitrogen and oxygen atoms in total. The maximum absolute atomic E-state index is 11.7. The van der Waals surface area contributed by atoms with E-state index in [9.17, 15) is 4.79 Å². The van der Waals surface area contributed by atoms with Crippen LogP contribution in [0.3, 0.4) is 0 Å². The molecule has 2 heteroatoms. The molecule has 0 aliphatic carbocycles. The lowest BCUT2D eigenvalue weighted by Gasteiger charge is -2.03. The molecule has 1 aromatic rings. The van der Waals surface area contributed by atoms with Crippen LogP contribution in [0, 0.1) is 18.4 Å². The summed E-state index contributed by atoms with van der Waals surface area (Å²) in [5.41, 5.74) is 4.92. The van der Waals surface area contributed by atoms with E-state index in [2.05, 4.69) is 31.1 Å². The van der Waals surface area contributed by atoms with Crippen LogP contribution < -0.4 is 0 Å². The van der Waals surface area contributed by atoms with Crippen molar-refractivity contribution < 1.29 is 4.79 Å². The van der Waals surface area contributed by atoms with Crippen molar-refractivity contribution >= 4 is 13.9 Å². The molecule has 0 atom stereocenters. The molecule has 0 heterocycles. The van der Waals surface area contributed by atoms with Crippen LogP contribution in [0.2, 0.25) is 19.6 Å². The number of carbonyl (C=O) groups is 1. The van der Waals surface area contributed by atoms with E-state index in [1.807, 2.05) is 31.2 Å². The minimum atomic E-state index is -1.45. The number of rotatable bonds is 1. The van der Waals surface area contributed by atoms with Crippen molar-refractivity contribution in [3.63, 3.8) is 0 Å². The van der Waals surface area contributed by atoms with Crippen LogP contribution in [0.4, 0.5) is 0 Å². The lowest BCUT2D eigenvalue weighted by Crippen LogP contribution is -2.17. The lowest BCUT2D eigenvalue weighted by atomic mass is 10.1. The van der Waals surface area contributed by atoms with Gasteiger partial charge in [0.1, 0.15) is 8.07 Å². The average molecular weight is 216 g/mol. The van der Waals surface area contributed by atoms with Gasteiger partial charge in [-0.1, -0.05) is 49.5 Å². The van der Waals surface area contributed by atoms with Gasteiger partial charge in [-0.3, -0.25) is 4.79 Å². The Balaban J connectivity index is 2.86. The third-order valence-electron chi connectivity index (χ3n) is 1.86. The van der Waals surface area contributed by atoms with Gasteiger partial charge in [0.2, 0.25) is 5.78 Å². The molecule has 0 N–H and O–H groups in total. The summed E-state index contributed by atoms with van der Waals surface area (Å²) in [4.78, 5) is 11.7. The maximum atomic E-state index is 11.7. The van der Waals surface area contributed by atoms with Gasteiger partial charge < -0.3 is 0 Å². The largest absolute Gasteiger partial charge is 0.279 e. The highest BCUT2D eigenvalue weighted by Gasteiger charge is 2.09. The van der Waals surface area contributed by atoms with Gasteiger partial charge in [0, 0.05) is 5.56 Å². The molecule has 15 heavy (non-hydrogen) atoms. The quantitative estimate of drug-likeness (QED) is 0.400. The van der Waals surface area contributed by atoms with Gasteiger partial charge >= 0.3 is 0 Å². The fourth-order valence-corrected chi connectivity index (χ4v) is 1.51. The summed E-state index contributed by atoms with van der Waals surface area (Å²) in [5, 5.41) is 0. The molecule has 0 radical (unpaired) electrons. The van der Waals surface area contributed by atoms with E-state index in [0.717, 1.165) is 5.56 Å². The fourth-order valence-electron chi connectivity index (χ4n) is 1.02. The molecule has 1 aromatic carbocycles. The van der Waals surface area contributed by atoms with Crippen molar-refractivity contribution in [1.82, 2.24) is 0 Å². The SMILES string of the molecule is Cc1ccc(C(=O)C#C[Si](C)(C)C)cc1. The van der Waals surface area contributed by atoms with Gasteiger partial charge in [-0.2, -0.15) is 0 Å². The van der Waals surface area contributed by atoms with E-state index < -0.39 is 8.07 Å². The molecule has 0 aliphatic rings. The Bertz CT molecular complexity index is 413. The lowest BCUT2D eigenvalue weighted by molar-refractivity contribution is 0.105. The summed E-state index contributed by atoms with van der Waals surface area (Å²) >= 11 is 0. The van der Waals surface area contributed by atoms with Crippen LogP contribution in [0.1, 0.15) is 15.9 Å². The summed E-state index contributed by atoms with van der Waals surface area (Å²) in [6.07, 6.45) is 0. The Hall–Kier alpha value is -1.33. The van der Waals surface area contributed by atoms with Crippen molar-refractivity contribution in [1.29, 1.82) is 0 Å². The van der Waals surface area contributed by atoms with Gasteiger partial charge in [-0.05, 0) is 12.8 Å². The van der Waals surface area contributed by atoms with E-state index in [-0.39, 0.29) is 5.78 Å². The minimum Gasteiger partial charge on any atom is -0.279 e. The molecule has 0 bridgehead atoms. The first-order valence-electron chi connectivity index (χ1n) is 5.03. The van der Waals surface area contributed by atoms with Gasteiger partial charge in [0.15, 0.2) is 0 Å². The number of aryl methyl sites for hydroxylation is 1. The Morgan fingerprint density at radius 1 is 1.13 bits per heavy atom. The van der Waals surface area contributed by atoms with Crippen LogP contribution in [0.25, 0.3) is 0 Å². The van der Waals surface area contributed by atoms with Crippen LogP contribution in [0.15, 0.2) is 24.3 Å². The maximum Gasteiger partial charge on any atom is 0.235 e. The number of hydrogen-bond acceptors (Lipinski definition) is 1. The topological polar surface area (TPSA) is 17.1 Å². The normalized spacial score (nSPS) is 10.4. The summed E-state index contributed by atoms with van der Waals surface area (Å²) < 4.78 is 0. The first kappa shape index (κ1) is 11.7. The van der Waals surface area contributed by atoms with Gasteiger partial charge in [0.05, 0.1) is 0 Å². The van der Waals surface area contributed by atoms with Crippen LogP contribution in [0.5, 0.6) is 0 Å². The number of hydrogen-bond donors (Lipinski definition) is 0. The highest BCUT2D eigenvalue weighted by molar-refractivity contribution is 6.84. The summed E-state index contributed by atoms with van der Waals surface area (Å²) in [7, 11) is -1.45. The van der Waals surface area contributed by atoms with Crippen LogP contribution in [-0.4, -0.2) is 13.9 Å². The molecule has 0 aliphatic heterocycles. The van der Waals surface area contributed by atoms with Crippen molar-refractivity contribution in [2.75, 3.05) is 0 Å². The van der Waals surface area contributed by atoms with Crippen LogP contribution in [-0.2, 0) is 0 Å². The standard InChI is InChI=1S/C13H16OSi/c1-11-5-7-12(8-6-11)13(14)9-10-15(2,3)4/h5-8H,1-4H3. The molecular weight excluding hydrogens is 200 g/mol. The Labute approximate surface area is 92.5 Å². The molecule has 0 aromatic heterocycles. The number of Topliss-reactive ketones (excluding diaryl/α,β-unsaturated/α-hetero) is 1. The second-order valence-corrected chi connectivity index (χ2v) is 9.45. The summed E-state index contributed by atoms with van der Waals surface area (Å²) in [5.74, 6) is 2.66.